The zero-order chi connectivity index (χ0) is 23.1. The van der Waals surface area contributed by atoms with Crippen molar-refractivity contribution in [1.29, 1.82) is 0 Å². The topological polar surface area (TPSA) is 113 Å². The predicted octanol–water partition coefficient (Wildman–Crippen LogP) is 5.35. The summed E-state index contributed by atoms with van der Waals surface area (Å²) in [4.78, 5) is 42.4. The Labute approximate surface area is 214 Å². The van der Waals surface area contributed by atoms with Crippen LogP contribution in [-0.4, -0.2) is 33.5 Å². The SMILES string of the molecule is O=C1[N-]/C(=N\c2cccc(-c3cccc(/N=C4\[N-]C(=O)c5ccccc54)n3)n2)c2ccccc21.[Pt+2]. The van der Waals surface area contributed by atoms with Crippen molar-refractivity contribution in [2.24, 2.45) is 9.98 Å². The maximum absolute atomic E-state index is 12.1. The van der Waals surface area contributed by atoms with E-state index in [9.17, 15) is 9.59 Å². The molecule has 0 spiro atoms. The Kier molecular flexibility index (Phi) is 5.89. The number of aliphatic imine (C=N–C) groups is 2. The van der Waals surface area contributed by atoms with Gasteiger partial charge in [-0.15, -0.1) is 0 Å². The molecule has 0 N–H and O–H groups in total. The zero-order valence-electron chi connectivity index (χ0n) is 17.9. The van der Waals surface area contributed by atoms with E-state index in [0.29, 0.717) is 56.9 Å². The van der Waals surface area contributed by atoms with Crippen LogP contribution < -0.4 is 0 Å². The third-order valence-corrected chi connectivity index (χ3v) is 5.38. The minimum atomic E-state index is -0.309. The molecule has 35 heavy (non-hydrogen) atoms. The number of amides is 2. The van der Waals surface area contributed by atoms with E-state index in [1.807, 2.05) is 48.5 Å². The molecule has 0 atom stereocenters. The number of hydrogen-bond acceptors (Lipinski definition) is 6. The standard InChI is InChI=1S/C26H16N6O2.Pt/c33-25-17-9-3-1-7-15(17)23(31-25)29-21-13-5-11-19(27-21)20-12-6-14-22(28-20)30-24-16-8-2-4-10-18(16)26(34)32-24;/h1-14H,(H2,27,28,29,30,31,32,33,34);/q;+2/p-2. The molecule has 0 unspecified atom stereocenters. The molecule has 0 saturated heterocycles. The van der Waals surface area contributed by atoms with Crippen molar-refractivity contribution < 1.29 is 30.7 Å². The van der Waals surface area contributed by atoms with Crippen molar-refractivity contribution in [1.82, 2.24) is 9.97 Å². The first-order valence-electron chi connectivity index (χ1n) is 10.5. The summed E-state index contributed by atoms with van der Waals surface area (Å²) in [5.74, 6) is 0.871. The molecule has 0 fully saturated rings. The molecule has 2 amide bonds. The van der Waals surface area contributed by atoms with Gasteiger partial charge in [0.25, 0.3) is 0 Å². The van der Waals surface area contributed by atoms with E-state index in [-0.39, 0.29) is 32.9 Å². The Bertz CT molecular complexity index is 1450. The van der Waals surface area contributed by atoms with Crippen LogP contribution >= 0.6 is 0 Å². The van der Waals surface area contributed by atoms with Crippen LogP contribution in [0.1, 0.15) is 31.8 Å². The number of nitrogens with zero attached hydrogens (tertiary/aromatic N) is 6. The fourth-order valence-electron chi connectivity index (χ4n) is 3.81. The second-order valence-electron chi connectivity index (χ2n) is 7.56. The minimum absolute atomic E-state index is 0. The van der Waals surface area contributed by atoms with Crippen molar-refractivity contribution in [3.05, 3.63) is 118 Å². The number of aromatic nitrogens is 2. The number of hydrogen-bond donors (Lipinski definition) is 0. The van der Waals surface area contributed by atoms with Crippen LogP contribution in [0.2, 0.25) is 0 Å². The molecule has 4 aromatic rings. The van der Waals surface area contributed by atoms with Gasteiger partial charge in [-0.25, -0.2) is 0 Å². The van der Waals surface area contributed by atoms with Crippen molar-refractivity contribution in [3.63, 3.8) is 0 Å². The first kappa shape index (κ1) is 22.5. The van der Waals surface area contributed by atoms with Gasteiger partial charge in [-0.1, -0.05) is 60.7 Å². The van der Waals surface area contributed by atoms with E-state index in [1.54, 1.807) is 36.4 Å². The quantitative estimate of drug-likeness (QED) is 0.301. The summed E-state index contributed by atoms with van der Waals surface area (Å²) >= 11 is 0. The predicted molar refractivity (Wildman–Crippen MR) is 128 cm³/mol. The van der Waals surface area contributed by atoms with Crippen LogP contribution in [0.15, 0.2) is 94.9 Å². The number of fused-ring (bicyclic) bond motifs is 2. The second-order valence-corrected chi connectivity index (χ2v) is 7.56. The Balaban J connectivity index is 0.00000253. The summed E-state index contributed by atoms with van der Waals surface area (Å²) in [5.41, 5.74) is 3.60. The second kappa shape index (κ2) is 9.16. The third kappa shape index (κ3) is 4.20. The number of pyridine rings is 2. The first-order chi connectivity index (χ1) is 16.7. The molecule has 0 saturated carbocycles. The average molecular weight is 638 g/mol. The molecule has 2 aromatic heterocycles. The molecule has 0 radical (unpaired) electrons. The van der Waals surface area contributed by atoms with Crippen LogP contribution in [0.3, 0.4) is 0 Å². The largest absolute Gasteiger partial charge is 2.00 e. The zero-order valence-corrected chi connectivity index (χ0v) is 20.2. The number of amidine groups is 2. The van der Waals surface area contributed by atoms with Crippen molar-refractivity contribution in [2.45, 2.75) is 0 Å². The molecular formula is C26H14N6O2Pt. The van der Waals surface area contributed by atoms with E-state index in [0.717, 1.165) is 0 Å². The molecule has 0 bridgehead atoms. The van der Waals surface area contributed by atoms with Gasteiger partial charge in [0.05, 0.1) is 23.0 Å². The summed E-state index contributed by atoms with van der Waals surface area (Å²) in [6.45, 7) is 0. The Morgan fingerprint density at radius 2 is 0.914 bits per heavy atom. The van der Waals surface area contributed by atoms with Crippen LogP contribution in [0.25, 0.3) is 22.0 Å². The third-order valence-electron chi connectivity index (χ3n) is 5.38. The van der Waals surface area contributed by atoms with Crippen LogP contribution in [-0.2, 0) is 21.1 Å². The maximum atomic E-state index is 12.1. The van der Waals surface area contributed by atoms with E-state index < -0.39 is 0 Å². The van der Waals surface area contributed by atoms with Gasteiger partial charge in [-0.3, -0.25) is 19.6 Å². The number of benzene rings is 2. The van der Waals surface area contributed by atoms with Gasteiger partial charge in [-0.05, 0) is 47.1 Å². The van der Waals surface area contributed by atoms with Crippen molar-refractivity contribution in [2.75, 3.05) is 0 Å². The number of carbonyl (C=O) groups is 2. The molecule has 6 rings (SSSR count). The molecule has 0 aliphatic carbocycles. The Morgan fingerprint density at radius 1 is 0.514 bits per heavy atom. The monoisotopic (exact) mass is 637 g/mol. The summed E-state index contributed by atoms with van der Waals surface area (Å²) in [6, 6.07) is 25.1. The smallest absolute Gasteiger partial charge is 0.419 e. The average Bonchev–Trinajstić information content (AvgIpc) is 3.36. The molecular weight excluding hydrogens is 623 g/mol. The van der Waals surface area contributed by atoms with Crippen LogP contribution in [0.5, 0.6) is 0 Å². The fraction of sp³-hybridized carbons (Fsp3) is 0. The van der Waals surface area contributed by atoms with E-state index in [1.165, 1.54) is 0 Å². The van der Waals surface area contributed by atoms with Gasteiger partial charge in [0.15, 0.2) is 11.8 Å². The molecule has 9 heteroatoms. The molecule has 2 aromatic carbocycles. The molecule has 170 valence electrons. The summed E-state index contributed by atoms with van der Waals surface area (Å²) in [5, 5.41) is 8.10. The normalized spacial score (nSPS) is 15.9. The summed E-state index contributed by atoms with van der Waals surface area (Å²) in [7, 11) is 0. The molecule has 2 aliphatic rings. The molecule has 4 heterocycles. The van der Waals surface area contributed by atoms with E-state index in [2.05, 4.69) is 30.6 Å². The Hall–Kier alpha value is -4.29. The van der Waals surface area contributed by atoms with Crippen molar-refractivity contribution >= 4 is 35.1 Å². The Morgan fingerprint density at radius 3 is 1.34 bits per heavy atom. The van der Waals surface area contributed by atoms with Gasteiger partial charge in [0.2, 0.25) is 0 Å². The summed E-state index contributed by atoms with van der Waals surface area (Å²) in [6.07, 6.45) is 0. The van der Waals surface area contributed by atoms with Gasteiger partial charge in [0, 0.05) is 11.1 Å². The summed E-state index contributed by atoms with van der Waals surface area (Å²) < 4.78 is 0. The maximum Gasteiger partial charge on any atom is 2.00 e. The van der Waals surface area contributed by atoms with Gasteiger partial charge < -0.3 is 20.6 Å². The van der Waals surface area contributed by atoms with Crippen LogP contribution in [0, 0.1) is 0 Å². The molecule has 8 nitrogen and oxygen atoms in total. The fourth-order valence-corrected chi connectivity index (χ4v) is 3.81. The minimum Gasteiger partial charge on any atom is -0.419 e. The van der Waals surface area contributed by atoms with Crippen molar-refractivity contribution in [3.8, 4) is 11.4 Å². The number of rotatable bonds is 3. The number of carbonyl (C=O) groups excluding carboxylic acids is 2. The molecule has 2 aliphatic heterocycles. The van der Waals surface area contributed by atoms with Gasteiger partial charge in [0.1, 0.15) is 0 Å². The van der Waals surface area contributed by atoms with E-state index in [4.69, 9.17) is 0 Å². The van der Waals surface area contributed by atoms with Gasteiger partial charge >= 0.3 is 21.1 Å². The van der Waals surface area contributed by atoms with Crippen LogP contribution in [0.4, 0.5) is 11.6 Å². The van der Waals surface area contributed by atoms with E-state index >= 15 is 0 Å². The van der Waals surface area contributed by atoms with Gasteiger partial charge in [-0.2, -0.15) is 0 Å². The first-order valence-corrected chi connectivity index (χ1v) is 10.5.